The topological polar surface area (TPSA) is 37.9 Å². The van der Waals surface area contributed by atoms with Crippen molar-refractivity contribution in [2.45, 2.75) is 6.92 Å². The molecule has 10 heavy (non-hydrogen) atoms. The number of methoxy groups -OCH3 is 1. The first-order valence-corrected chi connectivity index (χ1v) is 3.08. The molecule has 3 heteroatoms. The standard InChI is InChI=1S/C7H10N2O/c1-3-7(10-2)6-4-5-8-9-6/h3-5H,1-2H3,(H,8,9)/b7-3-. The van der Waals surface area contributed by atoms with Crippen LogP contribution in [0, 0.1) is 0 Å². The lowest BCUT2D eigenvalue weighted by atomic mass is 10.3. The van der Waals surface area contributed by atoms with Crippen molar-refractivity contribution in [2.24, 2.45) is 0 Å². The number of hydrogen-bond donors (Lipinski definition) is 1. The molecule has 0 saturated heterocycles. The van der Waals surface area contributed by atoms with Gasteiger partial charge in [-0.25, -0.2) is 0 Å². The van der Waals surface area contributed by atoms with Crippen LogP contribution in [0.3, 0.4) is 0 Å². The maximum Gasteiger partial charge on any atom is 0.139 e. The first-order chi connectivity index (χ1) is 4.88. The predicted octanol–water partition coefficient (Wildman–Crippen LogP) is 1.42. The molecule has 0 radical (unpaired) electrons. The minimum absolute atomic E-state index is 0.817. The Bertz CT molecular complexity index is 214. The molecule has 0 aliphatic heterocycles. The van der Waals surface area contributed by atoms with Gasteiger partial charge in [0.05, 0.1) is 12.8 Å². The number of rotatable bonds is 2. The fourth-order valence-corrected chi connectivity index (χ4v) is 0.776. The van der Waals surface area contributed by atoms with Gasteiger partial charge in [0, 0.05) is 6.20 Å². The van der Waals surface area contributed by atoms with Gasteiger partial charge in [0.15, 0.2) is 0 Å². The van der Waals surface area contributed by atoms with Gasteiger partial charge in [0.25, 0.3) is 0 Å². The molecule has 1 aromatic rings. The van der Waals surface area contributed by atoms with Gasteiger partial charge in [-0.1, -0.05) is 0 Å². The summed E-state index contributed by atoms with van der Waals surface area (Å²) in [5.41, 5.74) is 0.907. The lowest BCUT2D eigenvalue weighted by molar-refractivity contribution is 0.367. The second kappa shape index (κ2) is 3.06. The molecule has 0 unspecified atom stereocenters. The predicted molar refractivity (Wildman–Crippen MR) is 39.2 cm³/mol. The summed E-state index contributed by atoms with van der Waals surface area (Å²) in [7, 11) is 1.64. The highest BCUT2D eigenvalue weighted by molar-refractivity contribution is 5.54. The number of ether oxygens (including phenoxy) is 1. The van der Waals surface area contributed by atoms with E-state index in [0.29, 0.717) is 0 Å². The van der Waals surface area contributed by atoms with Crippen molar-refractivity contribution in [2.75, 3.05) is 7.11 Å². The quantitative estimate of drug-likeness (QED) is 0.627. The third-order valence-electron chi connectivity index (χ3n) is 1.25. The molecule has 0 spiro atoms. The van der Waals surface area contributed by atoms with Crippen LogP contribution in [-0.2, 0) is 4.74 Å². The van der Waals surface area contributed by atoms with E-state index in [-0.39, 0.29) is 0 Å². The highest BCUT2D eigenvalue weighted by Gasteiger charge is 1.98. The summed E-state index contributed by atoms with van der Waals surface area (Å²) in [6.07, 6.45) is 3.57. The summed E-state index contributed by atoms with van der Waals surface area (Å²) in [5, 5.41) is 6.59. The third-order valence-corrected chi connectivity index (χ3v) is 1.25. The lowest BCUT2D eigenvalue weighted by Crippen LogP contribution is -1.86. The van der Waals surface area contributed by atoms with Gasteiger partial charge in [-0.15, -0.1) is 0 Å². The summed E-state index contributed by atoms with van der Waals surface area (Å²) in [5.74, 6) is 0.817. The Kier molecular flexibility index (Phi) is 2.10. The number of allylic oxidation sites excluding steroid dienone is 1. The Hall–Kier alpha value is -1.25. The Morgan fingerprint density at radius 2 is 2.60 bits per heavy atom. The average Bonchev–Trinajstić information content (AvgIpc) is 2.43. The maximum atomic E-state index is 5.03. The van der Waals surface area contributed by atoms with Crippen molar-refractivity contribution in [3.63, 3.8) is 0 Å². The number of H-pyrrole nitrogens is 1. The first-order valence-electron chi connectivity index (χ1n) is 3.08. The Labute approximate surface area is 59.7 Å². The van der Waals surface area contributed by atoms with E-state index in [1.54, 1.807) is 13.3 Å². The van der Waals surface area contributed by atoms with Crippen LogP contribution in [0.5, 0.6) is 0 Å². The molecule has 0 fully saturated rings. The van der Waals surface area contributed by atoms with Gasteiger partial charge >= 0.3 is 0 Å². The number of aromatic nitrogens is 2. The van der Waals surface area contributed by atoms with Crippen LogP contribution in [0.15, 0.2) is 18.3 Å². The summed E-state index contributed by atoms with van der Waals surface area (Å²) in [4.78, 5) is 0. The number of nitrogens with one attached hydrogen (secondary N) is 1. The maximum absolute atomic E-state index is 5.03. The van der Waals surface area contributed by atoms with Crippen LogP contribution in [0.1, 0.15) is 12.6 Å². The first kappa shape index (κ1) is 6.86. The number of nitrogens with zero attached hydrogens (tertiary/aromatic N) is 1. The molecular weight excluding hydrogens is 128 g/mol. The summed E-state index contributed by atoms with van der Waals surface area (Å²) in [6, 6.07) is 1.86. The molecule has 0 aliphatic rings. The molecule has 54 valence electrons. The smallest absolute Gasteiger partial charge is 0.139 e. The van der Waals surface area contributed by atoms with Crippen molar-refractivity contribution < 1.29 is 4.74 Å². The van der Waals surface area contributed by atoms with E-state index in [0.717, 1.165) is 11.5 Å². The van der Waals surface area contributed by atoms with E-state index in [4.69, 9.17) is 4.74 Å². The summed E-state index contributed by atoms with van der Waals surface area (Å²) >= 11 is 0. The normalized spacial score (nSPS) is 11.6. The third kappa shape index (κ3) is 1.18. The average molecular weight is 138 g/mol. The number of hydrogen-bond acceptors (Lipinski definition) is 2. The molecule has 0 bridgehead atoms. The minimum Gasteiger partial charge on any atom is -0.495 e. The molecule has 1 aromatic heterocycles. The zero-order valence-corrected chi connectivity index (χ0v) is 6.09. The minimum atomic E-state index is 0.817. The summed E-state index contributed by atoms with van der Waals surface area (Å²) in [6.45, 7) is 1.92. The Morgan fingerprint density at radius 3 is 3.00 bits per heavy atom. The molecular formula is C7H10N2O. The van der Waals surface area contributed by atoms with E-state index < -0.39 is 0 Å². The Balaban J connectivity index is 2.85. The lowest BCUT2D eigenvalue weighted by Gasteiger charge is -1.99. The van der Waals surface area contributed by atoms with E-state index in [1.165, 1.54) is 0 Å². The molecule has 1 rings (SSSR count). The molecule has 0 aromatic carbocycles. The van der Waals surface area contributed by atoms with Crippen molar-refractivity contribution in [3.05, 3.63) is 24.0 Å². The van der Waals surface area contributed by atoms with Crippen LogP contribution < -0.4 is 0 Å². The van der Waals surface area contributed by atoms with Gasteiger partial charge in [0.2, 0.25) is 0 Å². The van der Waals surface area contributed by atoms with Crippen LogP contribution in [-0.4, -0.2) is 17.3 Å². The number of aromatic amines is 1. The second-order valence-corrected chi connectivity index (χ2v) is 1.83. The highest BCUT2D eigenvalue weighted by Crippen LogP contribution is 2.09. The van der Waals surface area contributed by atoms with Gasteiger partial charge in [0.1, 0.15) is 5.76 Å². The van der Waals surface area contributed by atoms with Gasteiger partial charge < -0.3 is 4.74 Å². The van der Waals surface area contributed by atoms with Crippen molar-refractivity contribution in [1.29, 1.82) is 0 Å². The van der Waals surface area contributed by atoms with E-state index >= 15 is 0 Å². The van der Waals surface area contributed by atoms with E-state index in [1.807, 2.05) is 19.1 Å². The molecule has 1 heterocycles. The van der Waals surface area contributed by atoms with E-state index in [2.05, 4.69) is 10.2 Å². The van der Waals surface area contributed by atoms with Crippen molar-refractivity contribution in [1.82, 2.24) is 10.2 Å². The molecule has 0 saturated carbocycles. The highest BCUT2D eigenvalue weighted by atomic mass is 16.5. The van der Waals surface area contributed by atoms with Gasteiger partial charge in [-0.05, 0) is 19.1 Å². The Morgan fingerprint density at radius 1 is 1.80 bits per heavy atom. The van der Waals surface area contributed by atoms with Crippen molar-refractivity contribution in [3.8, 4) is 0 Å². The zero-order valence-electron chi connectivity index (χ0n) is 6.09. The largest absolute Gasteiger partial charge is 0.495 e. The second-order valence-electron chi connectivity index (χ2n) is 1.83. The monoisotopic (exact) mass is 138 g/mol. The molecule has 3 nitrogen and oxygen atoms in total. The van der Waals surface area contributed by atoms with Crippen molar-refractivity contribution >= 4 is 5.76 Å². The van der Waals surface area contributed by atoms with Crippen LogP contribution in [0.2, 0.25) is 0 Å². The zero-order chi connectivity index (χ0) is 7.40. The fourth-order valence-electron chi connectivity index (χ4n) is 0.776. The van der Waals surface area contributed by atoms with E-state index in [9.17, 15) is 0 Å². The van der Waals surface area contributed by atoms with Gasteiger partial charge in [-0.3, -0.25) is 5.10 Å². The van der Waals surface area contributed by atoms with Gasteiger partial charge in [-0.2, -0.15) is 5.10 Å². The molecule has 1 N–H and O–H groups in total. The summed E-state index contributed by atoms with van der Waals surface area (Å²) < 4.78 is 5.03. The van der Waals surface area contributed by atoms with Crippen LogP contribution in [0.25, 0.3) is 5.76 Å². The molecule has 0 amide bonds. The molecule has 0 atom stereocenters. The van der Waals surface area contributed by atoms with Crippen LogP contribution in [0.4, 0.5) is 0 Å². The SMILES string of the molecule is C/C=C(\OC)c1ccn[nH]1. The molecule has 0 aliphatic carbocycles. The van der Waals surface area contributed by atoms with Crippen LogP contribution >= 0.6 is 0 Å². The fraction of sp³-hybridized carbons (Fsp3) is 0.286.